The van der Waals surface area contributed by atoms with Crippen molar-refractivity contribution in [2.45, 2.75) is 36.3 Å². The number of fused-ring (bicyclic) bond motifs is 1. The minimum Gasteiger partial charge on any atom is -0.872 e. The number of carbonyl (C=O) groups is 7. The summed E-state index contributed by atoms with van der Waals surface area (Å²) in [4.78, 5) is 80.8. The highest BCUT2D eigenvalue weighted by molar-refractivity contribution is 7.97. The molecule has 0 bridgehead atoms. The average Bonchev–Trinajstić information content (AvgIpc) is 0.824. The first-order valence-corrected chi connectivity index (χ1v) is 37.0. The van der Waals surface area contributed by atoms with E-state index in [1.807, 2.05) is 0 Å². The summed E-state index contributed by atoms with van der Waals surface area (Å²) in [6, 6.07) is 91.0. The predicted octanol–water partition coefficient (Wildman–Crippen LogP) is 15.3. The van der Waals surface area contributed by atoms with E-state index in [9.17, 15) is 54.0 Å². The molecule has 0 amide bonds. The molecule has 0 unspecified atom stereocenters. The number of aromatic hydroxyl groups is 12. The van der Waals surface area contributed by atoms with Crippen LogP contribution in [0.1, 0.15) is 78.1 Å². The summed E-state index contributed by atoms with van der Waals surface area (Å²) in [6.07, 6.45) is 0. The molecule has 120 heavy (non-hydrogen) atoms. The Morgan fingerprint density at radius 1 is 0.225 bits per heavy atom. The van der Waals surface area contributed by atoms with E-state index in [-0.39, 0.29) is 84.3 Å². The lowest BCUT2D eigenvalue weighted by atomic mass is 10.0. The van der Waals surface area contributed by atoms with Crippen LogP contribution in [0.25, 0.3) is 10.8 Å². The predicted molar refractivity (Wildman–Crippen MR) is 438 cm³/mol. The maximum absolute atomic E-state index is 10.7. The molecule has 0 aliphatic heterocycles. The SMILES string of the molecule is Cc1cc(O)c(C(=O)O)c(O)c1.O=C(O)c1c(O)cccc1O.O=C(O)c1cc(O)c2ccccc2c1O.O=C(O)c1cc(O)ccc1O.O=C(O)c1cc(O)ccc1[O-].O=C(O)c1ccc(O)cc1O.O=C(O)c1ccc(O)cc1[O-].c1ccc([S+](c2ccccc2)c2ccccc2)cc1.c1ccc([S+](c2ccccc2)c2ccccc2)cc1. The second-order valence-electron chi connectivity index (χ2n) is 24.1. The summed E-state index contributed by atoms with van der Waals surface area (Å²) in [6.45, 7) is 1.64. The van der Waals surface area contributed by atoms with Crippen molar-refractivity contribution in [3.63, 3.8) is 0 Å². The lowest BCUT2D eigenvalue weighted by molar-refractivity contribution is -0.269. The van der Waals surface area contributed by atoms with Crippen molar-refractivity contribution in [1.82, 2.24) is 0 Å². The summed E-state index contributed by atoms with van der Waals surface area (Å²) in [5.74, 6) is -14.1. The van der Waals surface area contributed by atoms with Gasteiger partial charge in [0.15, 0.2) is 29.4 Å². The summed E-state index contributed by atoms with van der Waals surface area (Å²) in [5, 5.41) is 190. The van der Waals surface area contributed by atoms with Gasteiger partial charge in [0.25, 0.3) is 0 Å². The Balaban J connectivity index is 0.000000211. The number of rotatable bonds is 13. The molecule has 0 saturated carbocycles. The minimum atomic E-state index is -1.35. The molecule has 19 N–H and O–H groups in total. The largest absolute Gasteiger partial charge is 0.872 e. The summed E-state index contributed by atoms with van der Waals surface area (Å²) in [7, 11) is -0.0293. The highest BCUT2D eigenvalue weighted by atomic mass is 32.2. The van der Waals surface area contributed by atoms with E-state index < -0.39 is 98.7 Å². The smallest absolute Gasteiger partial charge is 0.343 e. The van der Waals surface area contributed by atoms with Crippen LogP contribution in [0.4, 0.5) is 0 Å². The third-order valence-electron chi connectivity index (χ3n) is 15.6. The van der Waals surface area contributed by atoms with Gasteiger partial charge in [0.2, 0.25) is 0 Å². The molecule has 0 atom stereocenters. The second kappa shape index (κ2) is 45.4. The van der Waals surface area contributed by atoms with Crippen LogP contribution in [0.5, 0.6) is 80.5 Å². The number of hydrogen-bond donors (Lipinski definition) is 19. The third-order valence-corrected chi connectivity index (χ3v) is 20.1. The fourth-order valence-electron chi connectivity index (χ4n) is 10.1. The Kier molecular flexibility index (Phi) is 35.0. The fourth-order valence-corrected chi connectivity index (χ4v) is 14.4. The molecule has 28 nitrogen and oxygen atoms in total. The summed E-state index contributed by atoms with van der Waals surface area (Å²) >= 11 is 0. The number of hydrogen-bond acceptors (Lipinski definition) is 21. The van der Waals surface area contributed by atoms with Crippen molar-refractivity contribution in [2.75, 3.05) is 0 Å². The van der Waals surface area contributed by atoms with Crippen LogP contribution in [0.3, 0.4) is 0 Å². The van der Waals surface area contributed by atoms with Gasteiger partial charge in [0, 0.05) is 16.8 Å². The molecule has 614 valence electrons. The Morgan fingerprint density at radius 3 is 0.858 bits per heavy atom. The van der Waals surface area contributed by atoms with Crippen LogP contribution in [0, 0.1) is 6.92 Å². The molecule has 30 heteroatoms. The number of aromatic carboxylic acids is 7. The fraction of sp³-hybridized carbons (Fsp3) is 0.0111. The molecule has 14 aromatic carbocycles. The summed E-state index contributed by atoms with van der Waals surface area (Å²) in [5.41, 5.74) is -1.88. The molecule has 0 aromatic heterocycles. The van der Waals surface area contributed by atoms with E-state index in [2.05, 4.69) is 182 Å². The Morgan fingerprint density at radius 2 is 0.533 bits per heavy atom. The highest BCUT2D eigenvalue weighted by Crippen LogP contribution is 2.37. The summed E-state index contributed by atoms with van der Waals surface area (Å²) < 4.78 is 0. The van der Waals surface area contributed by atoms with Gasteiger partial charge >= 0.3 is 41.8 Å². The van der Waals surface area contributed by atoms with E-state index >= 15 is 0 Å². The number of phenolic OH excluding ortho intramolecular Hbond substituents is 5. The van der Waals surface area contributed by atoms with E-state index in [4.69, 9.17) is 86.8 Å². The van der Waals surface area contributed by atoms with Crippen molar-refractivity contribution >= 4 is 74.3 Å². The van der Waals surface area contributed by atoms with Crippen LogP contribution < -0.4 is 10.2 Å². The van der Waals surface area contributed by atoms with Crippen LogP contribution >= 0.6 is 0 Å². The van der Waals surface area contributed by atoms with Crippen LogP contribution in [0.2, 0.25) is 0 Å². The van der Waals surface area contributed by atoms with Gasteiger partial charge in [-0.05, 0) is 176 Å². The number of phenols is 12. The van der Waals surface area contributed by atoms with Gasteiger partial charge < -0.3 is 107 Å². The molecule has 14 aromatic rings. The minimum absolute atomic E-state index is 0.0146. The highest BCUT2D eigenvalue weighted by Gasteiger charge is 2.29. The first-order chi connectivity index (χ1) is 57.1. The molecule has 0 aliphatic carbocycles. The van der Waals surface area contributed by atoms with Crippen molar-refractivity contribution in [3.05, 3.63) is 360 Å². The molecule has 0 aliphatic rings. The Hall–Kier alpha value is -16.5. The first-order valence-electron chi connectivity index (χ1n) is 34.5. The molecular weight excluding hydrogens is 1590 g/mol. The van der Waals surface area contributed by atoms with E-state index in [1.165, 1.54) is 71.8 Å². The van der Waals surface area contributed by atoms with E-state index in [0.29, 0.717) is 16.3 Å². The number of carboxylic acids is 7. The van der Waals surface area contributed by atoms with Crippen molar-refractivity contribution in [1.29, 1.82) is 0 Å². The first kappa shape index (κ1) is 92.4. The maximum atomic E-state index is 10.7. The number of benzene rings is 14. The molecule has 14 rings (SSSR count). The van der Waals surface area contributed by atoms with Gasteiger partial charge in [-0.1, -0.05) is 157 Å². The zero-order chi connectivity index (χ0) is 88.3. The number of aryl methyl sites for hydroxylation is 1. The van der Waals surface area contributed by atoms with Gasteiger partial charge in [0.1, 0.15) is 96.8 Å². The number of carboxylic acid groups (broad SMARTS) is 7. The third kappa shape index (κ3) is 27.7. The Bertz CT molecular complexity index is 5340. The Labute approximate surface area is 688 Å². The molecule has 0 fully saturated rings. The maximum Gasteiger partial charge on any atom is 0.343 e. The van der Waals surface area contributed by atoms with Gasteiger partial charge in [-0.25, -0.2) is 33.6 Å². The topological polar surface area (TPSA) is 550 Å². The van der Waals surface area contributed by atoms with Crippen LogP contribution in [0.15, 0.2) is 345 Å². The van der Waals surface area contributed by atoms with Gasteiger partial charge in [-0.15, -0.1) is 0 Å². The van der Waals surface area contributed by atoms with Crippen LogP contribution in [-0.2, 0) is 21.8 Å². The molecular formula is C90H74O28S2. The zero-order valence-electron chi connectivity index (χ0n) is 62.5. The quantitative estimate of drug-likeness (QED) is 0.0376. The van der Waals surface area contributed by atoms with Crippen molar-refractivity contribution < 1.29 is 141 Å². The zero-order valence-corrected chi connectivity index (χ0v) is 64.1. The van der Waals surface area contributed by atoms with Crippen molar-refractivity contribution in [2.24, 2.45) is 0 Å². The lowest BCUT2D eigenvalue weighted by Gasteiger charge is -2.08. The molecule has 0 radical (unpaired) electrons. The second-order valence-corrected chi connectivity index (χ2v) is 28.1. The molecule has 0 saturated heterocycles. The van der Waals surface area contributed by atoms with Crippen LogP contribution in [-0.4, -0.2) is 139 Å². The van der Waals surface area contributed by atoms with Crippen molar-refractivity contribution in [3.8, 4) is 80.5 Å². The van der Waals surface area contributed by atoms with E-state index in [0.717, 1.165) is 66.7 Å². The van der Waals surface area contributed by atoms with E-state index in [1.54, 1.807) is 31.2 Å². The standard InChI is InChI=1S/2C18H15S.C11H8O4.C8H8O4.5C7H6O4/c2*1-4-10-16(11-5-1)19(17-12-6-2-7-13-17)18-14-8-3-9-15-18;12-9-5-8(11(14)15)10(13)7-4-2-1-3-6(7)9;1-4-2-5(9)7(8(11)12)6(10)3-4;2*8-4-1-2-6(9)5(3-4)7(10)11;2*8-4-1-2-5(7(10)11)6(9)3-4;8-4-2-1-3-5(9)6(4)7(10)11/h2*1-15H;1-5,12-13H,(H,14,15);2-3,9-10H,1H3,(H,11,12);5*1-3,8-9H,(H,10,11)/q2*+1;;;;;;;/p-2. The molecule has 0 heterocycles. The monoisotopic (exact) mass is 1670 g/mol. The van der Waals surface area contributed by atoms with Gasteiger partial charge in [-0.2, -0.15) is 0 Å². The normalized spacial score (nSPS) is 9.96. The average molecular weight is 1670 g/mol. The van der Waals surface area contributed by atoms with Gasteiger partial charge in [0.05, 0.1) is 32.9 Å². The molecule has 0 spiro atoms. The lowest BCUT2D eigenvalue weighted by Crippen LogP contribution is -2.04. The van der Waals surface area contributed by atoms with Gasteiger partial charge in [-0.3, -0.25) is 0 Å².